The average molecular weight is 1770 g/mol. The highest BCUT2D eigenvalue weighted by Crippen LogP contribution is 2.33. The highest BCUT2D eigenvalue weighted by atomic mass is 19.1. The molecule has 0 atom stereocenters. The Bertz CT molecular complexity index is 7680. The monoisotopic (exact) mass is 1770 g/mol. The first kappa shape index (κ1) is 87.4. The van der Waals surface area contributed by atoms with Crippen LogP contribution in [0.1, 0.15) is 74.0 Å². The van der Waals surface area contributed by atoms with Gasteiger partial charge in [0.05, 0.1) is 40.0 Å². The summed E-state index contributed by atoms with van der Waals surface area (Å²) in [6, 6.07) is 76.6. The number of nitrogens with zero attached hydrogens (tertiary/aromatic N) is 5. The summed E-state index contributed by atoms with van der Waals surface area (Å²) < 4.78 is 67.5. The molecule has 9 aromatic carbocycles. The predicted octanol–water partition coefficient (Wildman–Crippen LogP) is 20.3. The van der Waals surface area contributed by atoms with Crippen molar-refractivity contribution in [1.82, 2.24) is 81.5 Å². The minimum atomic E-state index is -0.321. The topological polar surface area (TPSA) is 317 Å². The van der Waals surface area contributed by atoms with Crippen LogP contribution in [0.2, 0.25) is 0 Å². The molecule has 12 N–H and O–H groups in total. The molecule has 0 saturated carbocycles. The van der Waals surface area contributed by atoms with E-state index < -0.39 is 0 Å². The molecule has 11 heterocycles. The number of aromatic nitrogens is 11. The van der Waals surface area contributed by atoms with Gasteiger partial charge in [-0.3, -0.25) is 34.8 Å². The normalized spacial score (nSPS) is 11.4. The first-order valence-corrected chi connectivity index (χ1v) is 42.5. The Morgan fingerprint density at radius 2 is 0.669 bits per heavy atom. The number of nitrogens with one attached hydrogen (secondary N) is 12. The Kier molecular flexibility index (Phi) is 26.6. The molecule has 22 nitrogen and oxygen atoms in total. The molecule has 656 valence electrons. The summed E-state index contributed by atoms with van der Waals surface area (Å²) in [7, 11) is 0. The number of amides is 5. The maximum Gasteiger partial charge on any atom is 0.271 e. The van der Waals surface area contributed by atoms with Crippen molar-refractivity contribution in [3.8, 4) is 68.0 Å². The number of fused-ring (bicyclic) bond motifs is 7. The van der Waals surface area contributed by atoms with Crippen LogP contribution in [0.5, 0.6) is 0 Å². The molecule has 0 unspecified atom stereocenters. The SMILES string of the molecule is C#CCNC(=O)c1c[nH]c2ncc(-c3cccc(F)c3)cc12.O=C(NC1Cc2ccccc2C1)c1c[nH]c2ncc(-c3cccc(F)c3)cc12.O=C(NCCc1c[nH]c2ccccc12)c1c[nH]c2ncc(-c3cccc(F)c3)cc12.O=C(NCCc1ccccc1)c1c[nH]c2ncc(-c3cccc(F)c3)cc12.O=C(NNc1ccccc1)c1c[nH]c2ncc(-c3cccc(F)c3)cc12. The minimum absolute atomic E-state index is 0.0919. The van der Waals surface area contributed by atoms with Crippen LogP contribution >= 0.6 is 0 Å². The van der Waals surface area contributed by atoms with E-state index in [2.05, 4.69) is 111 Å². The van der Waals surface area contributed by atoms with Crippen LogP contribution in [0.25, 0.3) is 122 Å². The van der Waals surface area contributed by atoms with Crippen LogP contribution in [-0.2, 0) is 25.7 Å². The number of pyridine rings is 5. The molecule has 5 amide bonds. The van der Waals surface area contributed by atoms with E-state index in [4.69, 9.17) is 6.42 Å². The second-order valence-electron chi connectivity index (χ2n) is 31.2. The van der Waals surface area contributed by atoms with Gasteiger partial charge in [-0.05, 0) is 185 Å². The van der Waals surface area contributed by atoms with Gasteiger partial charge in [0.15, 0.2) is 0 Å². The smallest absolute Gasteiger partial charge is 0.271 e. The number of carbonyl (C=O) groups excluding carboxylic acids is 5. The predicted molar refractivity (Wildman–Crippen MR) is 508 cm³/mol. The van der Waals surface area contributed by atoms with Crippen LogP contribution < -0.4 is 32.1 Å². The molecular formula is C106H82F5N17O5. The van der Waals surface area contributed by atoms with Gasteiger partial charge in [-0.2, -0.15) is 0 Å². The second-order valence-corrected chi connectivity index (χ2v) is 31.2. The lowest BCUT2D eigenvalue weighted by Gasteiger charge is -2.11. The number of hydrazine groups is 1. The molecular weight excluding hydrogens is 1690 g/mol. The van der Waals surface area contributed by atoms with Gasteiger partial charge in [0.2, 0.25) is 0 Å². The molecule has 0 saturated heterocycles. The molecule has 0 bridgehead atoms. The van der Waals surface area contributed by atoms with E-state index in [9.17, 15) is 45.9 Å². The van der Waals surface area contributed by atoms with Crippen LogP contribution in [0.4, 0.5) is 27.6 Å². The molecule has 133 heavy (non-hydrogen) atoms. The van der Waals surface area contributed by atoms with Gasteiger partial charge >= 0.3 is 0 Å². The van der Waals surface area contributed by atoms with Crippen molar-refractivity contribution in [2.24, 2.45) is 0 Å². The number of para-hydroxylation sites is 2. The van der Waals surface area contributed by atoms with E-state index in [0.717, 1.165) is 86.8 Å². The van der Waals surface area contributed by atoms with Crippen molar-refractivity contribution in [2.45, 2.75) is 31.7 Å². The third-order valence-electron chi connectivity index (χ3n) is 22.4. The summed E-state index contributed by atoms with van der Waals surface area (Å²) in [4.78, 5) is 103. The highest BCUT2D eigenvalue weighted by molar-refractivity contribution is 6.10. The molecule has 0 aliphatic heterocycles. The first-order chi connectivity index (χ1) is 64.9. The third kappa shape index (κ3) is 21.0. The lowest BCUT2D eigenvalue weighted by atomic mass is 10.1. The van der Waals surface area contributed by atoms with Gasteiger partial charge < -0.3 is 51.2 Å². The number of anilines is 1. The zero-order valence-electron chi connectivity index (χ0n) is 70.9. The third-order valence-corrected chi connectivity index (χ3v) is 22.4. The highest BCUT2D eigenvalue weighted by Gasteiger charge is 2.26. The summed E-state index contributed by atoms with van der Waals surface area (Å²) in [6.07, 6.45) is 26.8. The Balaban J connectivity index is 0.000000116. The molecule has 1 aliphatic carbocycles. The minimum Gasteiger partial charge on any atom is -0.361 e. The van der Waals surface area contributed by atoms with Crippen molar-refractivity contribution < 1.29 is 45.9 Å². The zero-order valence-corrected chi connectivity index (χ0v) is 70.9. The number of H-pyrrole nitrogens is 6. The maximum atomic E-state index is 13.6. The molecule has 1 aliphatic rings. The van der Waals surface area contributed by atoms with Crippen molar-refractivity contribution in [3.63, 3.8) is 0 Å². The van der Waals surface area contributed by atoms with E-state index >= 15 is 0 Å². The van der Waals surface area contributed by atoms with Gasteiger partial charge in [0.1, 0.15) is 57.3 Å². The van der Waals surface area contributed by atoms with E-state index in [1.165, 1.54) is 88.3 Å². The Morgan fingerprint density at radius 1 is 0.331 bits per heavy atom. The lowest BCUT2D eigenvalue weighted by Crippen LogP contribution is -2.35. The fourth-order valence-corrected chi connectivity index (χ4v) is 15.8. The summed E-state index contributed by atoms with van der Waals surface area (Å²) in [5.41, 5.74) is 25.3. The Labute approximate surface area is 757 Å². The zero-order chi connectivity index (χ0) is 91.7. The van der Waals surface area contributed by atoms with Gasteiger partial charge in [0.25, 0.3) is 29.5 Å². The Hall–Kier alpha value is -17.7. The number of hydrogen-bond acceptors (Lipinski definition) is 11. The number of carbonyl (C=O) groups is 5. The van der Waals surface area contributed by atoms with Gasteiger partial charge in [-0.25, -0.2) is 46.9 Å². The summed E-state index contributed by atoms with van der Waals surface area (Å²) in [5.74, 6) is -0.216. The van der Waals surface area contributed by atoms with E-state index in [1.807, 2.05) is 140 Å². The average Bonchev–Trinajstić information content (AvgIpc) is 1.71. The van der Waals surface area contributed by atoms with Gasteiger partial charge in [0, 0.05) is 153 Å². The first-order valence-electron chi connectivity index (χ1n) is 42.5. The van der Waals surface area contributed by atoms with Crippen LogP contribution in [-0.4, -0.2) is 110 Å². The van der Waals surface area contributed by atoms with Crippen LogP contribution in [0, 0.1) is 41.4 Å². The number of hydrogen-bond donors (Lipinski definition) is 12. The summed E-state index contributed by atoms with van der Waals surface area (Å²) >= 11 is 0. The molecule has 21 rings (SSSR count). The van der Waals surface area contributed by atoms with E-state index in [1.54, 1.807) is 110 Å². The number of terminal acetylenes is 1. The number of benzene rings is 9. The van der Waals surface area contributed by atoms with Crippen molar-refractivity contribution in [2.75, 3.05) is 25.1 Å². The lowest BCUT2D eigenvalue weighted by molar-refractivity contribution is 0.0934. The van der Waals surface area contributed by atoms with Crippen molar-refractivity contribution >= 4 is 101 Å². The molecule has 0 spiro atoms. The van der Waals surface area contributed by atoms with Crippen LogP contribution in [0.15, 0.2) is 329 Å². The molecule has 0 radical (unpaired) electrons. The maximum absolute atomic E-state index is 13.6. The largest absolute Gasteiger partial charge is 0.361 e. The molecule has 20 aromatic rings. The fourth-order valence-electron chi connectivity index (χ4n) is 15.8. The molecule has 27 heteroatoms. The number of rotatable bonds is 20. The summed E-state index contributed by atoms with van der Waals surface area (Å²) in [5, 5.41) is 16.3. The number of aromatic amines is 6. The summed E-state index contributed by atoms with van der Waals surface area (Å²) in [6.45, 7) is 1.22. The second kappa shape index (κ2) is 40.5. The number of halogens is 5. The van der Waals surface area contributed by atoms with Crippen molar-refractivity contribution in [3.05, 3.63) is 408 Å². The Morgan fingerprint density at radius 3 is 1.05 bits per heavy atom. The van der Waals surface area contributed by atoms with E-state index in [0.29, 0.717) is 102 Å². The van der Waals surface area contributed by atoms with Gasteiger partial charge in [-0.15, -0.1) is 6.42 Å². The molecule has 11 aromatic heterocycles. The van der Waals surface area contributed by atoms with E-state index in [-0.39, 0.29) is 71.2 Å². The fraction of sp³-hybridized carbons (Fsp3) is 0.0755. The van der Waals surface area contributed by atoms with Gasteiger partial charge in [-0.1, -0.05) is 158 Å². The molecule has 0 fully saturated rings. The van der Waals surface area contributed by atoms with Crippen molar-refractivity contribution in [1.29, 1.82) is 0 Å². The van der Waals surface area contributed by atoms with Crippen LogP contribution in [0.3, 0.4) is 0 Å². The quantitative estimate of drug-likeness (QED) is 0.0193. The standard InChI is InChI=1S/C24H19FN4O.C23H18FN3O.C22H18FN3O.C20H15FN4O.C17H12FN3O/c25-18-5-3-4-15(10-18)17-11-20-21(14-29-23(20)28-13-17)24(30)26-9-8-16-12-27-22-7-2-1-6-19(16)22;24-18-7-3-6-14(8-18)17-11-20-21(13-26-22(20)25-12-17)23(28)27-19-9-15-4-1-2-5-16(15)10-19;23-18-8-4-7-16(11-18)17-12-19-20(14-26-21(19)25-13-17)22(27)24-10-9-15-5-2-1-3-6-15;21-15-6-4-5-13(9-15)14-10-17-18(12-23-19(17)22-11-14)20(26)25-24-16-7-2-1-3-8-16;1-2-6-19-17(22)15-10-21-16-14(15)8-12(9-20-16)11-4-3-5-13(18)7-11/h1-7,10-14,27H,8-9H2,(H,26,30)(H,28,29);1-8,11-13,19H,9-10H2,(H,25,26)(H,27,28);1-8,11-14H,9-10H2,(H,24,27)(H,25,26);1-12,24H,(H,22,23)(H,25,26);1,3-5,7-10H,6H2,(H,19,22)(H,20,21).